The maximum absolute atomic E-state index is 12.9. The molecule has 0 fully saturated rings. The second kappa shape index (κ2) is 11.3. The van der Waals surface area contributed by atoms with Gasteiger partial charge in [0.2, 0.25) is 5.91 Å². The molecule has 3 N–H and O–H groups in total. The number of hydrogen-bond acceptors (Lipinski definition) is 5. The van der Waals surface area contributed by atoms with Crippen molar-refractivity contribution in [3.8, 4) is 0 Å². The zero-order valence-corrected chi connectivity index (χ0v) is 20.6. The van der Waals surface area contributed by atoms with Crippen molar-refractivity contribution in [1.29, 1.82) is 0 Å². The van der Waals surface area contributed by atoms with E-state index in [2.05, 4.69) is 5.32 Å². The van der Waals surface area contributed by atoms with E-state index in [0.717, 1.165) is 33.9 Å². The topological polar surface area (TPSA) is 92.5 Å². The Morgan fingerprint density at radius 2 is 1.74 bits per heavy atom. The van der Waals surface area contributed by atoms with Crippen molar-refractivity contribution in [1.82, 2.24) is 9.62 Å². The smallest absolute Gasteiger partial charge is 0.366 e. The zero-order valence-electron chi connectivity index (χ0n) is 19.0. The van der Waals surface area contributed by atoms with Crippen LogP contribution < -0.4 is 11.1 Å². The molecule has 35 heavy (non-hydrogen) atoms. The van der Waals surface area contributed by atoms with Gasteiger partial charge >= 0.3 is 6.18 Å². The van der Waals surface area contributed by atoms with E-state index in [0.29, 0.717) is 37.1 Å². The van der Waals surface area contributed by atoms with Gasteiger partial charge in [-0.1, -0.05) is 30.3 Å². The summed E-state index contributed by atoms with van der Waals surface area (Å²) in [6.45, 7) is 1.16. The number of benzene rings is 2. The van der Waals surface area contributed by atoms with E-state index in [1.54, 1.807) is 36.4 Å². The summed E-state index contributed by atoms with van der Waals surface area (Å²) in [4.78, 5) is 12.4. The van der Waals surface area contributed by atoms with Gasteiger partial charge in [0.25, 0.3) is 10.0 Å². The summed E-state index contributed by atoms with van der Waals surface area (Å²) in [5, 5.41) is 3.11. The molecule has 3 aromatic rings. The van der Waals surface area contributed by atoms with Crippen LogP contribution in [0.5, 0.6) is 0 Å². The number of carbonyl (C=O) groups is 1. The number of amides is 1. The lowest BCUT2D eigenvalue weighted by Crippen LogP contribution is -2.29. The van der Waals surface area contributed by atoms with Crippen molar-refractivity contribution in [2.75, 3.05) is 20.1 Å². The van der Waals surface area contributed by atoms with Gasteiger partial charge in [-0.15, -0.1) is 11.3 Å². The van der Waals surface area contributed by atoms with Gasteiger partial charge in [0.15, 0.2) is 0 Å². The number of halogens is 3. The second-order valence-electron chi connectivity index (χ2n) is 7.97. The van der Waals surface area contributed by atoms with Crippen molar-refractivity contribution in [3.05, 3.63) is 87.8 Å². The lowest BCUT2D eigenvalue weighted by molar-refractivity contribution is -0.137. The van der Waals surface area contributed by atoms with E-state index in [4.69, 9.17) is 5.73 Å². The van der Waals surface area contributed by atoms with Crippen molar-refractivity contribution in [2.45, 2.75) is 29.8 Å². The fourth-order valence-corrected chi connectivity index (χ4v) is 6.24. The van der Waals surface area contributed by atoms with E-state index < -0.39 is 27.7 Å². The van der Waals surface area contributed by atoms with Crippen LogP contribution >= 0.6 is 11.3 Å². The predicted octanol–water partition coefficient (Wildman–Crippen LogP) is 4.26. The Bertz CT molecular complexity index is 1260. The lowest BCUT2D eigenvalue weighted by atomic mass is 10.0. The Kier molecular flexibility index (Phi) is 8.70. The number of nitrogens with zero attached hydrogens (tertiary/aromatic N) is 1. The number of nitrogens with two attached hydrogens (primary N) is 1. The average Bonchev–Trinajstić information content (AvgIpc) is 3.28. The van der Waals surface area contributed by atoms with E-state index in [9.17, 15) is 26.4 Å². The van der Waals surface area contributed by atoms with Crippen LogP contribution in [0.3, 0.4) is 0 Å². The third-order valence-corrected chi connectivity index (χ3v) is 8.80. The minimum absolute atomic E-state index is 0.212. The Hall–Kier alpha value is -2.73. The molecule has 3 rings (SSSR count). The minimum Gasteiger partial charge on any atom is -0.366 e. The molecule has 1 aromatic heterocycles. The van der Waals surface area contributed by atoms with Crippen LogP contribution in [0.1, 0.15) is 38.3 Å². The Morgan fingerprint density at radius 1 is 1.06 bits per heavy atom. The first-order valence-corrected chi connectivity index (χ1v) is 13.0. The number of nitrogens with one attached hydrogen (secondary N) is 1. The Labute approximate surface area is 206 Å². The molecule has 11 heteroatoms. The number of carbonyl (C=O) groups excluding carboxylic acids is 1. The van der Waals surface area contributed by atoms with E-state index in [1.165, 1.54) is 23.5 Å². The molecule has 0 aliphatic rings. The standard InChI is InChI=1S/C24H26F3N3O3S2/c1-30(14-4-13-29-16-17-7-9-19(10-8-17)24(25,26)27)35(32,33)22-12-11-20(34-22)15-18-5-2-3-6-21(18)23(28)31/h2-3,5-12,29H,4,13-16H2,1H3,(H2,28,31). The van der Waals surface area contributed by atoms with Crippen LogP contribution in [0, 0.1) is 0 Å². The third kappa shape index (κ3) is 7.14. The normalized spacial score (nSPS) is 12.3. The van der Waals surface area contributed by atoms with Crippen molar-refractivity contribution in [3.63, 3.8) is 0 Å². The predicted molar refractivity (Wildman–Crippen MR) is 130 cm³/mol. The second-order valence-corrected chi connectivity index (χ2v) is 11.4. The fourth-order valence-electron chi connectivity index (χ4n) is 3.44. The molecule has 1 amide bonds. The largest absolute Gasteiger partial charge is 0.416 e. The number of hydrogen-bond donors (Lipinski definition) is 2. The number of alkyl halides is 3. The van der Waals surface area contributed by atoms with Crippen molar-refractivity contribution in [2.24, 2.45) is 5.73 Å². The highest BCUT2D eigenvalue weighted by Gasteiger charge is 2.29. The highest BCUT2D eigenvalue weighted by Crippen LogP contribution is 2.29. The van der Waals surface area contributed by atoms with Gasteiger partial charge < -0.3 is 11.1 Å². The molecule has 2 aromatic carbocycles. The molecule has 0 unspecified atom stereocenters. The molecule has 6 nitrogen and oxygen atoms in total. The van der Waals surface area contributed by atoms with E-state index in [-0.39, 0.29) is 10.8 Å². The summed E-state index contributed by atoms with van der Waals surface area (Å²) in [6, 6.07) is 15.2. The molecule has 0 bridgehead atoms. The van der Waals surface area contributed by atoms with Gasteiger partial charge in [-0.2, -0.15) is 13.2 Å². The molecule has 0 radical (unpaired) electrons. The van der Waals surface area contributed by atoms with Gasteiger partial charge in [0.1, 0.15) is 4.21 Å². The Morgan fingerprint density at radius 3 is 2.40 bits per heavy atom. The first-order valence-electron chi connectivity index (χ1n) is 10.8. The van der Waals surface area contributed by atoms with Crippen LogP contribution in [0.15, 0.2) is 64.9 Å². The highest BCUT2D eigenvalue weighted by atomic mass is 32.2. The number of sulfonamides is 1. The maximum atomic E-state index is 12.9. The fraction of sp³-hybridized carbons (Fsp3) is 0.292. The molecule has 0 atom stereocenters. The maximum Gasteiger partial charge on any atom is 0.416 e. The van der Waals surface area contributed by atoms with Gasteiger partial charge in [-0.05, 0) is 54.4 Å². The Balaban J connectivity index is 1.50. The molecule has 0 saturated carbocycles. The molecule has 188 valence electrons. The number of primary amides is 1. The van der Waals surface area contributed by atoms with E-state index in [1.807, 2.05) is 0 Å². The van der Waals surface area contributed by atoms with E-state index >= 15 is 0 Å². The zero-order chi connectivity index (χ0) is 25.6. The number of rotatable bonds is 11. The molecular formula is C24H26F3N3O3S2. The first-order chi connectivity index (χ1) is 16.5. The quantitative estimate of drug-likeness (QED) is 0.366. The lowest BCUT2D eigenvalue weighted by Gasteiger charge is -2.16. The van der Waals surface area contributed by atoms with Crippen molar-refractivity contribution >= 4 is 27.3 Å². The van der Waals surface area contributed by atoms with Crippen LogP contribution in [-0.2, 0) is 29.2 Å². The third-order valence-electron chi connectivity index (χ3n) is 5.39. The summed E-state index contributed by atoms with van der Waals surface area (Å²) < 4.78 is 65.2. The minimum atomic E-state index is -4.36. The summed E-state index contributed by atoms with van der Waals surface area (Å²) in [7, 11) is -2.16. The van der Waals surface area contributed by atoms with Gasteiger partial charge in [0.05, 0.1) is 5.56 Å². The van der Waals surface area contributed by atoms with Gasteiger partial charge in [-0.25, -0.2) is 12.7 Å². The average molecular weight is 526 g/mol. The summed E-state index contributed by atoms with van der Waals surface area (Å²) in [5.74, 6) is -0.531. The number of thiophene rings is 1. The van der Waals surface area contributed by atoms with Gasteiger partial charge in [-0.3, -0.25) is 4.79 Å². The monoisotopic (exact) mass is 525 g/mol. The van der Waals surface area contributed by atoms with Crippen LogP contribution in [0.2, 0.25) is 0 Å². The molecular weight excluding hydrogens is 499 g/mol. The van der Waals surface area contributed by atoms with Crippen LogP contribution in [0.25, 0.3) is 0 Å². The van der Waals surface area contributed by atoms with Crippen LogP contribution in [0.4, 0.5) is 13.2 Å². The van der Waals surface area contributed by atoms with Gasteiger partial charge in [0, 0.05) is 37.0 Å². The summed E-state index contributed by atoms with van der Waals surface area (Å²) in [6.07, 6.45) is -3.43. The molecule has 0 aliphatic carbocycles. The summed E-state index contributed by atoms with van der Waals surface area (Å²) >= 11 is 1.15. The SMILES string of the molecule is CN(CCCNCc1ccc(C(F)(F)F)cc1)S(=O)(=O)c1ccc(Cc2ccccc2C(N)=O)s1. The van der Waals surface area contributed by atoms with Crippen molar-refractivity contribution < 1.29 is 26.4 Å². The molecule has 0 spiro atoms. The van der Waals surface area contributed by atoms with Crippen LogP contribution in [-0.4, -0.2) is 38.8 Å². The molecule has 1 heterocycles. The summed E-state index contributed by atoms with van der Waals surface area (Å²) in [5.41, 5.74) is 6.58. The molecule has 0 aliphatic heterocycles. The highest BCUT2D eigenvalue weighted by molar-refractivity contribution is 7.91. The molecule has 0 saturated heterocycles. The first kappa shape index (κ1) is 26.9.